The molecule has 1 amide bonds. The van der Waals surface area contributed by atoms with E-state index < -0.39 is 18.2 Å². The first-order chi connectivity index (χ1) is 18.5. The zero-order chi connectivity index (χ0) is 28.2. The highest BCUT2D eigenvalue weighted by Gasteiger charge is 2.38. The molecule has 0 aliphatic carbocycles. The number of nitrogens with zero attached hydrogens (tertiary/aromatic N) is 1. The van der Waals surface area contributed by atoms with Crippen molar-refractivity contribution in [3.63, 3.8) is 0 Å². The standard InChI is InChI=1S/C24H18N4O2S2.C2HF3O2/c25-22(26)20-13-15-17(10-6-12-18(15)31-20)30-21(14-7-2-1-3-8-14)23(29)28-24-27-16-9-4-5-11-19(16)32-24;3-2(4,5)1(6)7/h1-13,21H,(H3,25,26)(H,27,28,29);(H,6,7). The Morgan fingerprint density at radius 3 is 2.26 bits per heavy atom. The predicted molar refractivity (Wildman–Crippen MR) is 145 cm³/mol. The lowest BCUT2D eigenvalue weighted by atomic mass is 10.1. The van der Waals surface area contributed by atoms with E-state index in [0.717, 1.165) is 25.9 Å². The maximum absolute atomic E-state index is 13.3. The summed E-state index contributed by atoms with van der Waals surface area (Å²) in [5, 5.41) is 19.1. The Kier molecular flexibility index (Phi) is 8.12. The fraction of sp³-hybridized carbons (Fsp3) is 0.0769. The van der Waals surface area contributed by atoms with Crippen molar-refractivity contribution in [2.75, 3.05) is 5.32 Å². The van der Waals surface area contributed by atoms with E-state index in [2.05, 4.69) is 10.3 Å². The normalized spacial score (nSPS) is 11.9. The molecule has 0 fully saturated rings. The average Bonchev–Trinajstić information content (AvgIpc) is 3.52. The number of hydrogen-bond acceptors (Lipinski definition) is 7. The summed E-state index contributed by atoms with van der Waals surface area (Å²) in [7, 11) is 0. The zero-order valence-corrected chi connectivity index (χ0v) is 21.4. The monoisotopic (exact) mass is 572 g/mol. The molecule has 0 saturated carbocycles. The summed E-state index contributed by atoms with van der Waals surface area (Å²) in [5.74, 6) is -2.51. The second kappa shape index (κ2) is 11.5. The molecule has 1 atom stereocenters. The lowest BCUT2D eigenvalue weighted by Crippen LogP contribution is -2.25. The van der Waals surface area contributed by atoms with Crippen LogP contribution >= 0.6 is 22.7 Å². The van der Waals surface area contributed by atoms with Crippen LogP contribution in [0.2, 0.25) is 0 Å². The maximum atomic E-state index is 13.3. The zero-order valence-electron chi connectivity index (χ0n) is 19.7. The Labute approximate surface area is 227 Å². The molecular weight excluding hydrogens is 553 g/mol. The number of alkyl halides is 3. The number of thiophene rings is 1. The van der Waals surface area contributed by atoms with Crippen LogP contribution in [0.3, 0.4) is 0 Å². The number of para-hydroxylation sites is 1. The Balaban J connectivity index is 0.000000448. The van der Waals surface area contributed by atoms with Crippen molar-refractivity contribution >= 4 is 65.8 Å². The third-order valence-corrected chi connectivity index (χ3v) is 7.22. The first kappa shape index (κ1) is 27.5. The number of aromatic nitrogens is 1. The number of amides is 1. The third kappa shape index (κ3) is 6.69. The summed E-state index contributed by atoms with van der Waals surface area (Å²) in [6.45, 7) is 0. The SMILES string of the molecule is N=C(N)c1cc2c(OC(C(=O)Nc3nc4ccccc4s3)c3ccccc3)cccc2s1.O=C(O)C(F)(F)F. The molecule has 13 heteroatoms. The van der Waals surface area contributed by atoms with Crippen molar-refractivity contribution in [3.05, 3.63) is 89.3 Å². The Morgan fingerprint density at radius 1 is 0.974 bits per heavy atom. The number of hydrogen-bond donors (Lipinski definition) is 4. The number of ether oxygens (including phenoxy) is 1. The second-order valence-electron chi connectivity index (χ2n) is 7.88. The Hall–Kier alpha value is -4.49. The highest BCUT2D eigenvalue weighted by atomic mass is 32.1. The number of nitrogens with two attached hydrogens (primary N) is 1. The molecule has 0 saturated heterocycles. The van der Waals surface area contributed by atoms with Crippen LogP contribution in [0.1, 0.15) is 16.5 Å². The first-order valence-electron chi connectivity index (χ1n) is 11.1. The topological polar surface area (TPSA) is 138 Å². The number of carbonyl (C=O) groups is 2. The largest absolute Gasteiger partial charge is 0.490 e. The molecule has 0 bridgehead atoms. The van der Waals surface area contributed by atoms with E-state index >= 15 is 0 Å². The minimum Gasteiger partial charge on any atom is -0.475 e. The minimum atomic E-state index is -5.08. The van der Waals surface area contributed by atoms with Gasteiger partial charge in [0.1, 0.15) is 11.6 Å². The summed E-state index contributed by atoms with van der Waals surface area (Å²) in [6.07, 6.45) is -5.96. The van der Waals surface area contributed by atoms with Crippen molar-refractivity contribution in [2.24, 2.45) is 5.73 Å². The van der Waals surface area contributed by atoms with Crippen LogP contribution in [-0.2, 0) is 9.59 Å². The molecule has 5 aromatic rings. The quantitative estimate of drug-likeness (QED) is 0.141. The van der Waals surface area contributed by atoms with Crippen LogP contribution in [0.5, 0.6) is 5.75 Å². The van der Waals surface area contributed by atoms with Gasteiger partial charge in [-0.3, -0.25) is 15.5 Å². The van der Waals surface area contributed by atoms with Gasteiger partial charge >= 0.3 is 12.1 Å². The van der Waals surface area contributed by atoms with Crippen LogP contribution in [0, 0.1) is 5.41 Å². The number of carboxylic acid groups (broad SMARTS) is 1. The molecule has 5 N–H and O–H groups in total. The van der Waals surface area contributed by atoms with E-state index in [-0.39, 0.29) is 11.7 Å². The van der Waals surface area contributed by atoms with E-state index in [1.165, 1.54) is 22.7 Å². The number of benzene rings is 3. The maximum Gasteiger partial charge on any atom is 0.490 e. The van der Waals surface area contributed by atoms with Crippen LogP contribution in [-0.4, -0.2) is 34.0 Å². The molecule has 200 valence electrons. The molecule has 39 heavy (non-hydrogen) atoms. The summed E-state index contributed by atoms with van der Waals surface area (Å²) in [6, 6.07) is 24.5. The van der Waals surface area contributed by atoms with Gasteiger partial charge in [0, 0.05) is 15.6 Å². The summed E-state index contributed by atoms with van der Waals surface area (Å²) < 4.78 is 39.9. The number of amidine groups is 1. The van der Waals surface area contributed by atoms with Gasteiger partial charge in [-0.15, -0.1) is 11.3 Å². The number of halogens is 3. The number of carboxylic acids is 1. The number of aliphatic carboxylic acids is 1. The van der Waals surface area contributed by atoms with Gasteiger partial charge in [0.05, 0.1) is 15.1 Å². The van der Waals surface area contributed by atoms with Gasteiger partial charge in [-0.05, 0) is 30.3 Å². The highest BCUT2D eigenvalue weighted by Crippen LogP contribution is 2.35. The van der Waals surface area contributed by atoms with Gasteiger partial charge in [0.25, 0.3) is 5.91 Å². The number of nitrogen functional groups attached to an aromatic ring is 1. The molecule has 8 nitrogen and oxygen atoms in total. The molecule has 0 spiro atoms. The third-order valence-electron chi connectivity index (χ3n) is 5.14. The molecule has 5 rings (SSSR count). The fourth-order valence-electron chi connectivity index (χ4n) is 3.39. The number of anilines is 1. The van der Waals surface area contributed by atoms with Crippen molar-refractivity contribution in [2.45, 2.75) is 12.3 Å². The van der Waals surface area contributed by atoms with Crippen molar-refractivity contribution < 1.29 is 32.6 Å². The van der Waals surface area contributed by atoms with Gasteiger partial charge in [-0.1, -0.05) is 59.9 Å². The molecular formula is C26H19F3N4O4S2. The lowest BCUT2D eigenvalue weighted by molar-refractivity contribution is -0.192. The Bertz CT molecular complexity index is 1620. The van der Waals surface area contributed by atoms with E-state index in [1.807, 2.05) is 78.9 Å². The molecule has 2 heterocycles. The fourth-order valence-corrected chi connectivity index (χ4v) is 5.20. The van der Waals surface area contributed by atoms with Gasteiger partial charge in [-0.25, -0.2) is 9.78 Å². The van der Waals surface area contributed by atoms with Crippen molar-refractivity contribution in [1.29, 1.82) is 5.41 Å². The van der Waals surface area contributed by atoms with Crippen molar-refractivity contribution in [3.8, 4) is 5.75 Å². The smallest absolute Gasteiger partial charge is 0.475 e. The molecule has 0 radical (unpaired) electrons. The van der Waals surface area contributed by atoms with Crippen LogP contribution in [0.15, 0.2) is 78.9 Å². The van der Waals surface area contributed by atoms with E-state index in [9.17, 15) is 18.0 Å². The number of carbonyl (C=O) groups excluding carboxylic acids is 1. The number of nitrogens with one attached hydrogen (secondary N) is 2. The summed E-state index contributed by atoms with van der Waals surface area (Å²) >= 11 is 2.84. The Morgan fingerprint density at radius 2 is 1.62 bits per heavy atom. The molecule has 0 aliphatic rings. The van der Waals surface area contributed by atoms with E-state index in [1.54, 1.807) is 0 Å². The van der Waals surface area contributed by atoms with E-state index in [4.69, 9.17) is 25.8 Å². The van der Waals surface area contributed by atoms with Gasteiger partial charge in [0.2, 0.25) is 6.10 Å². The van der Waals surface area contributed by atoms with Crippen molar-refractivity contribution in [1.82, 2.24) is 4.98 Å². The highest BCUT2D eigenvalue weighted by molar-refractivity contribution is 7.22. The summed E-state index contributed by atoms with van der Waals surface area (Å²) in [5.41, 5.74) is 7.23. The van der Waals surface area contributed by atoms with E-state index in [0.29, 0.717) is 15.8 Å². The molecule has 2 aromatic heterocycles. The minimum absolute atomic E-state index is 0.00494. The second-order valence-corrected chi connectivity index (χ2v) is 9.99. The van der Waals surface area contributed by atoms with Gasteiger partial charge in [0.15, 0.2) is 5.13 Å². The van der Waals surface area contributed by atoms with Gasteiger partial charge in [-0.2, -0.15) is 13.2 Å². The predicted octanol–water partition coefficient (Wildman–Crippen LogP) is 6.19. The molecule has 0 aliphatic heterocycles. The number of fused-ring (bicyclic) bond motifs is 2. The number of rotatable bonds is 6. The van der Waals surface area contributed by atoms with Gasteiger partial charge < -0.3 is 15.6 Å². The van der Waals surface area contributed by atoms with Crippen LogP contribution in [0.25, 0.3) is 20.3 Å². The first-order valence-corrected chi connectivity index (χ1v) is 12.7. The number of thiazole rings is 1. The summed E-state index contributed by atoms with van der Waals surface area (Å²) in [4.78, 5) is 27.4. The van der Waals surface area contributed by atoms with Crippen LogP contribution in [0.4, 0.5) is 18.3 Å². The average molecular weight is 573 g/mol. The lowest BCUT2D eigenvalue weighted by Gasteiger charge is -2.19. The molecule has 3 aromatic carbocycles. The van der Waals surface area contributed by atoms with Crippen LogP contribution < -0.4 is 15.8 Å². The molecule has 1 unspecified atom stereocenters.